The molecule has 3 rings (SSSR count). The van der Waals surface area contributed by atoms with Gasteiger partial charge >= 0.3 is 6.09 Å². The van der Waals surface area contributed by atoms with Gasteiger partial charge in [-0.1, -0.05) is 30.3 Å². The summed E-state index contributed by atoms with van der Waals surface area (Å²) in [4.78, 5) is 26.7. The van der Waals surface area contributed by atoms with E-state index < -0.39 is 30.0 Å². The first-order valence-corrected chi connectivity index (χ1v) is 9.45. The molecule has 0 radical (unpaired) electrons. The van der Waals surface area contributed by atoms with Crippen molar-refractivity contribution in [3.05, 3.63) is 35.9 Å². The van der Waals surface area contributed by atoms with Crippen LogP contribution in [0.25, 0.3) is 0 Å². The molecule has 1 heterocycles. The van der Waals surface area contributed by atoms with Crippen LogP contribution in [-0.2, 0) is 14.3 Å². The maximum absolute atomic E-state index is 14.4. The average Bonchev–Trinajstić information content (AvgIpc) is 3.27. The number of likely N-dealkylation sites (tertiary alicyclic amines) is 1. The number of ether oxygens (including phenoxy) is 2. The van der Waals surface area contributed by atoms with Crippen LogP contribution in [0.1, 0.15) is 45.1 Å². The lowest BCUT2D eigenvalue weighted by molar-refractivity contribution is -0.127. The Labute approximate surface area is 159 Å². The molecule has 2 fully saturated rings. The molecule has 1 amide bonds. The van der Waals surface area contributed by atoms with Crippen LogP contribution in [0.15, 0.2) is 30.3 Å². The fraction of sp³-hybridized carbons (Fsp3) is 0.619. The van der Waals surface area contributed by atoms with Gasteiger partial charge in [0.05, 0.1) is 6.54 Å². The van der Waals surface area contributed by atoms with Crippen LogP contribution in [-0.4, -0.2) is 54.3 Å². The van der Waals surface area contributed by atoms with Crippen molar-refractivity contribution in [3.63, 3.8) is 0 Å². The van der Waals surface area contributed by atoms with Crippen molar-refractivity contribution in [2.45, 2.75) is 63.4 Å². The van der Waals surface area contributed by atoms with Gasteiger partial charge in [0.25, 0.3) is 0 Å². The molecule has 5 nitrogen and oxygen atoms in total. The number of Topliss-reactive ketones (excluding diaryl/α,β-unsaturated/α-hetero) is 1. The van der Waals surface area contributed by atoms with Crippen LogP contribution in [0.4, 0.5) is 9.18 Å². The maximum Gasteiger partial charge on any atom is 0.411 e. The van der Waals surface area contributed by atoms with Gasteiger partial charge in [0, 0.05) is 13.5 Å². The van der Waals surface area contributed by atoms with E-state index in [9.17, 15) is 14.0 Å². The second-order valence-electron chi connectivity index (χ2n) is 8.48. The topological polar surface area (TPSA) is 55.8 Å². The summed E-state index contributed by atoms with van der Waals surface area (Å²) < 4.78 is 25.0. The third kappa shape index (κ3) is 4.49. The summed E-state index contributed by atoms with van der Waals surface area (Å²) in [5.41, 5.74) is 0.508. The zero-order valence-corrected chi connectivity index (χ0v) is 16.4. The summed E-state index contributed by atoms with van der Waals surface area (Å²) in [6.07, 6.45) is -1.76. The third-order valence-corrected chi connectivity index (χ3v) is 5.22. The molecule has 27 heavy (non-hydrogen) atoms. The van der Waals surface area contributed by atoms with Crippen molar-refractivity contribution in [3.8, 4) is 0 Å². The summed E-state index contributed by atoms with van der Waals surface area (Å²) in [5, 5.41) is 0. The number of amides is 1. The molecule has 0 unspecified atom stereocenters. The van der Waals surface area contributed by atoms with E-state index in [1.807, 2.05) is 18.2 Å². The van der Waals surface area contributed by atoms with Crippen LogP contribution in [0.5, 0.6) is 0 Å². The van der Waals surface area contributed by atoms with E-state index in [-0.39, 0.29) is 18.2 Å². The Morgan fingerprint density at radius 3 is 2.48 bits per heavy atom. The number of carbonyl (C=O) groups excluding carboxylic acids is 2. The van der Waals surface area contributed by atoms with Crippen molar-refractivity contribution >= 4 is 11.9 Å². The fourth-order valence-corrected chi connectivity index (χ4v) is 3.88. The number of carbonyl (C=O) groups is 2. The lowest BCUT2D eigenvalue weighted by Crippen LogP contribution is -2.47. The van der Waals surface area contributed by atoms with Gasteiger partial charge in [-0.25, -0.2) is 9.18 Å². The summed E-state index contributed by atoms with van der Waals surface area (Å²) in [6, 6.07) is 9.14. The van der Waals surface area contributed by atoms with E-state index in [2.05, 4.69) is 12.1 Å². The first-order chi connectivity index (χ1) is 12.7. The predicted octanol–water partition coefficient (Wildman–Crippen LogP) is 3.72. The predicted molar refractivity (Wildman–Crippen MR) is 99.3 cm³/mol. The molecule has 0 spiro atoms. The Morgan fingerprint density at radius 1 is 1.22 bits per heavy atom. The molecule has 6 heteroatoms. The summed E-state index contributed by atoms with van der Waals surface area (Å²) in [7, 11) is 1.38. The fourth-order valence-electron chi connectivity index (χ4n) is 3.88. The van der Waals surface area contributed by atoms with Crippen molar-refractivity contribution in [2.24, 2.45) is 5.92 Å². The number of rotatable bonds is 5. The number of halogens is 1. The zero-order chi connectivity index (χ0) is 19.8. The molecule has 0 N–H and O–H groups in total. The molecule has 1 aliphatic heterocycles. The van der Waals surface area contributed by atoms with Crippen molar-refractivity contribution in [1.82, 2.24) is 4.90 Å². The summed E-state index contributed by atoms with van der Waals surface area (Å²) >= 11 is 0. The van der Waals surface area contributed by atoms with E-state index in [0.29, 0.717) is 12.3 Å². The standard InChI is InChI=1S/C21H28FNO4/c1-21(2,3)27-20(25)23-12-16(22)19(26-4)18(23)17(24)11-14-10-15(14)13-8-6-5-7-9-13/h5-9,14-16,18-19H,10-12H2,1-4H3/t14-,15-,16-,18+,19+/m0/s1. The van der Waals surface area contributed by atoms with Crippen molar-refractivity contribution in [2.75, 3.05) is 13.7 Å². The highest BCUT2D eigenvalue weighted by atomic mass is 19.1. The summed E-state index contributed by atoms with van der Waals surface area (Å²) in [6.45, 7) is 5.05. The Hall–Kier alpha value is -1.95. The highest BCUT2D eigenvalue weighted by molar-refractivity contribution is 5.89. The average molecular weight is 377 g/mol. The van der Waals surface area contributed by atoms with E-state index in [4.69, 9.17) is 9.47 Å². The molecule has 148 valence electrons. The zero-order valence-electron chi connectivity index (χ0n) is 16.4. The van der Waals surface area contributed by atoms with Gasteiger partial charge in [-0.3, -0.25) is 9.69 Å². The Kier molecular flexibility index (Phi) is 5.56. The molecule has 1 saturated heterocycles. The van der Waals surface area contributed by atoms with E-state index in [0.717, 1.165) is 6.42 Å². The molecule has 1 saturated carbocycles. The van der Waals surface area contributed by atoms with Crippen LogP contribution < -0.4 is 0 Å². The number of methoxy groups -OCH3 is 1. The SMILES string of the molecule is CO[C@H]1[C@@H](C(=O)C[C@@H]2C[C@H]2c2ccccc2)N(C(=O)OC(C)(C)C)C[C@@H]1F. The quantitative estimate of drug-likeness (QED) is 0.785. The van der Waals surface area contributed by atoms with Gasteiger partial charge in [0.15, 0.2) is 5.78 Å². The Morgan fingerprint density at radius 2 is 1.89 bits per heavy atom. The van der Waals surface area contributed by atoms with Gasteiger partial charge in [0.1, 0.15) is 23.9 Å². The highest BCUT2D eigenvalue weighted by Gasteiger charge is 2.51. The van der Waals surface area contributed by atoms with Crippen LogP contribution in [0.3, 0.4) is 0 Å². The van der Waals surface area contributed by atoms with Crippen molar-refractivity contribution in [1.29, 1.82) is 0 Å². The van der Waals surface area contributed by atoms with Gasteiger partial charge in [-0.05, 0) is 44.6 Å². The molecule has 0 aromatic heterocycles. The Bertz CT molecular complexity index is 687. The molecule has 1 aromatic rings. The van der Waals surface area contributed by atoms with Gasteiger partial charge in [0.2, 0.25) is 0 Å². The second kappa shape index (κ2) is 7.58. The smallest absolute Gasteiger partial charge is 0.411 e. The van der Waals surface area contributed by atoms with Gasteiger partial charge in [-0.2, -0.15) is 0 Å². The van der Waals surface area contributed by atoms with Crippen LogP contribution >= 0.6 is 0 Å². The van der Waals surface area contributed by atoms with Crippen LogP contribution in [0, 0.1) is 5.92 Å². The van der Waals surface area contributed by atoms with Crippen molar-refractivity contribution < 1.29 is 23.5 Å². The van der Waals surface area contributed by atoms with E-state index >= 15 is 0 Å². The number of benzene rings is 1. The third-order valence-electron chi connectivity index (χ3n) is 5.22. The van der Waals surface area contributed by atoms with Gasteiger partial charge in [-0.15, -0.1) is 0 Å². The molecule has 5 atom stereocenters. The second-order valence-corrected chi connectivity index (χ2v) is 8.48. The minimum atomic E-state index is -1.40. The first-order valence-electron chi connectivity index (χ1n) is 9.45. The van der Waals surface area contributed by atoms with E-state index in [1.54, 1.807) is 20.8 Å². The molecule has 1 aromatic carbocycles. The number of alkyl halides is 1. The normalized spacial score (nSPS) is 30.3. The van der Waals surface area contributed by atoms with Gasteiger partial charge < -0.3 is 9.47 Å². The minimum absolute atomic E-state index is 0.156. The largest absolute Gasteiger partial charge is 0.444 e. The monoisotopic (exact) mass is 377 g/mol. The van der Waals surface area contributed by atoms with Crippen LogP contribution in [0.2, 0.25) is 0 Å². The highest BCUT2D eigenvalue weighted by Crippen LogP contribution is 2.50. The Balaban J connectivity index is 1.69. The number of hydrogen-bond donors (Lipinski definition) is 0. The number of nitrogens with zero attached hydrogens (tertiary/aromatic N) is 1. The lowest BCUT2D eigenvalue weighted by Gasteiger charge is -2.29. The molecule has 2 aliphatic rings. The lowest BCUT2D eigenvalue weighted by atomic mass is 9.99. The number of ketones is 1. The number of hydrogen-bond acceptors (Lipinski definition) is 4. The molecular formula is C21H28FNO4. The maximum atomic E-state index is 14.4. The minimum Gasteiger partial charge on any atom is -0.444 e. The molecular weight excluding hydrogens is 349 g/mol. The van der Waals surface area contributed by atoms with E-state index in [1.165, 1.54) is 17.6 Å². The molecule has 0 bridgehead atoms. The summed E-state index contributed by atoms with van der Waals surface area (Å²) in [5.74, 6) is 0.432. The molecule has 1 aliphatic carbocycles. The first kappa shape index (κ1) is 19.8.